The quantitative estimate of drug-likeness (QED) is 0.818. The van der Waals surface area contributed by atoms with Crippen molar-refractivity contribution in [1.82, 2.24) is 15.5 Å². The number of carbonyl (C=O) groups is 2. The number of amides is 3. The maximum absolute atomic E-state index is 12.3. The van der Waals surface area contributed by atoms with Crippen LogP contribution in [-0.4, -0.2) is 42.5 Å². The van der Waals surface area contributed by atoms with Crippen LogP contribution in [-0.2, 0) is 4.79 Å². The van der Waals surface area contributed by atoms with E-state index in [2.05, 4.69) is 10.6 Å². The molecule has 5 nitrogen and oxygen atoms in total. The molecule has 2 atom stereocenters. The molecule has 2 unspecified atom stereocenters. The molecule has 0 aromatic rings. The van der Waals surface area contributed by atoms with Crippen molar-refractivity contribution in [3.05, 3.63) is 0 Å². The summed E-state index contributed by atoms with van der Waals surface area (Å²) in [5.41, 5.74) is 0. The van der Waals surface area contributed by atoms with Gasteiger partial charge in [-0.2, -0.15) is 0 Å². The number of nitrogens with one attached hydrogen (secondary N) is 2. The van der Waals surface area contributed by atoms with Gasteiger partial charge in [-0.1, -0.05) is 12.8 Å². The zero-order valence-electron chi connectivity index (χ0n) is 13.6. The molecule has 0 spiro atoms. The van der Waals surface area contributed by atoms with Gasteiger partial charge in [-0.25, -0.2) is 4.79 Å². The van der Waals surface area contributed by atoms with E-state index in [4.69, 9.17) is 0 Å². The summed E-state index contributed by atoms with van der Waals surface area (Å²) < 4.78 is 0. The van der Waals surface area contributed by atoms with Crippen molar-refractivity contribution in [2.24, 2.45) is 11.8 Å². The Balaban J connectivity index is 1.42. The minimum Gasteiger partial charge on any atom is -0.353 e. The predicted octanol–water partition coefficient (Wildman–Crippen LogP) is 2.27. The number of hydrogen-bond donors (Lipinski definition) is 2. The average molecular weight is 307 g/mol. The maximum Gasteiger partial charge on any atom is 0.317 e. The van der Waals surface area contributed by atoms with Crippen molar-refractivity contribution < 1.29 is 9.59 Å². The molecule has 124 valence electrons. The van der Waals surface area contributed by atoms with Gasteiger partial charge in [0.2, 0.25) is 5.91 Å². The first-order valence-corrected chi connectivity index (χ1v) is 8.94. The lowest BCUT2D eigenvalue weighted by atomic mass is 9.84. The highest BCUT2D eigenvalue weighted by Crippen LogP contribution is 2.28. The third-order valence-corrected chi connectivity index (χ3v) is 5.40. The van der Waals surface area contributed by atoms with Crippen LogP contribution >= 0.6 is 0 Å². The molecular weight excluding hydrogens is 278 g/mol. The summed E-state index contributed by atoms with van der Waals surface area (Å²) in [4.78, 5) is 26.3. The molecule has 0 radical (unpaired) electrons. The van der Waals surface area contributed by atoms with Crippen molar-refractivity contribution in [3.8, 4) is 0 Å². The summed E-state index contributed by atoms with van der Waals surface area (Å²) in [6, 6.07) is 0.608. The fourth-order valence-corrected chi connectivity index (χ4v) is 3.54. The standard InChI is InChI=1S/C17H29N3O2/c1-20(11-12-4-2-5-12)17(22)19-15-7-3-6-13(10-15)16(21)18-14-8-9-14/h12-15H,2-11H2,1H3,(H,18,21)(H,19,22). The smallest absolute Gasteiger partial charge is 0.317 e. The van der Waals surface area contributed by atoms with E-state index in [9.17, 15) is 9.59 Å². The van der Waals surface area contributed by atoms with Crippen LogP contribution < -0.4 is 10.6 Å². The van der Waals surface area contributed by atoms with Crippen LogP contribution in [0.25, 0.3) is 0 Å². The Morgan fingerprint density at radius 2 is 1.68 bits per heavy atom. The third-order valence-electron chi connectivity index (χ3n) is 5.40. The van der Waals surface area contributed by atoms with Gasteiger partial charge in [0.15, 0.2) is 0 Å². The second-order valence-electron chi connectivity index (χ2n) is 7.47. The fraction of sp³-hybridized carbons (Fsp3) is 0.882. The highest BCUT2D eigenvalue weighted by atomic mass is 16.2. The molecule has 0 aromatic heterocycles. The Morgan fingerprint density at radius 1 is 0.955 bits per heavy atom. The summed E-state index contributed by atoms with van der Waals surface area (Å²) in [5, 5.41) is 6.23. The van der Waals surface area contributed by atoms with Gasteiger partial charge in [-0.05, 0) is 50.9 Å². The normalized spacial score (nSPS) is 28.6. The zero-order valence-corrected chi connectivity index (χ0v) is 13.6. The van der Waals surface area contributed by atoms with Gasteiger partial charge in [0, 0.05) is 31.6 Å². The Hall–Kier alpha value is -1.26. The maximum atomic E-state index is 12.3. The monoisotopic (exact) mass is 307 g/mol. The van der Waals surface area contributed by atoms with E-state index in [0.717, 1.165) is 45.1 Å². The molecule has 5 heteroatoms. The van der Waals surface area contributed by atoms with Crippen LogP contribution in [0.1, 0.15) is 57.8 Å². The molecule has 3 fully saturated rings. The van der Waals surface area contributed by atoms with Crippen LogP contribution in [0.2, 0.25) is 0 Å². The Morgan fingerprint density at radius 3 is 2.32 bits per heavy atom. The second kappa shape index (κ2) is 6.88. The van der Waals surface area contributed by atoms with Gasteiger partial charge in [0.1, 0.15) is 0 Å². The Labute approximate surface area is 133 Å². The summed E-state index contributed by atoms with van der Waals surface area (Å²) in [6.45, 7) is 0.865. The van der Waals surface area contributed by atoms with Gasteiger partial charge in [-0.3, -0.25) is 4.79 Å². The van der Waals surface area contributed by atoms with Crippen LogP contribution in [0.5, 0.6) is 0 Å². The number of urea groups is 1. The van der Waals surface area contributed by atoms with Gasteiger partial charge in [-0.15, -0.1) is 0 Å². The van der Waals surface area contributed by atoms with Gasteiger partial charge in [0.05, 0.1) is 0 Å². The molecular formula is C17H29N3O2. The van der Waals surface area contributed by atoms with Crippen molar-refractivity contribution in [2.45, 2.75) is 69.9 Å². The van der Waals surface area contributed by atoms with E-state index in [1.807, 2.05) is 11.9 Å². The summed E-state index contributed by atoms with van der Waals surface area (Å²) in [7, 11) is 1.88. The lowest BCUT2D eigenvalue weighted by Crippen LogP contribution is -2.48. The molecule has 3 aliphatic rings. The Kier molecular flexibility index (Phi) is 4.89. The summed E-state index contributed by atoms with van der Waals surface area (Å²) in [5.74, 6) is 0.972. The van der Waals surface area contributed by atoms with Gasteiger partial charge in [0.25, 0.3) is 0 Å². The number of rotatable bonds is 5. The van der Waals surface area contributed by atoms with E-state index in [1.165, 1.54) is 19.3 Å². The first kappa shape index (κ1) is 15.6. The molecule has 0 heterocycles. The number of hydrogen-bond acceptors (Lipinski definition) is 2. The summed E-state index contributed by atoms with van der Waals surface area (Å²) in [6.07, 6.45) is 9.85. The van der Waals surface area contributed by atoms with Crippen molar-refractivity contribution in [2.75, 3.05) is 13.6 Å². The SMILES string of the molecule is CN(CC1CCC1)C(=O)NC1CCCC(C(=O)NC2CC2)C1. The molecule has 0 aliphatic heterocycles. The topological polar surface area (TPSA) is 61.4 Å². The molecule has 3 amide bonds. The second-order valence-corrected chi connectivity index (χ2v) is 7.47. The molecule has 3 aliphatic carbocycles. The molecule has 3 rings (SSSR count). The Bertz CT molecular complexity index is 418. The van der Waals surface area contributed by atoms with E-state index in [1.54, 1.807) is 0 Å². The number of carbonyl (C=O) groups excluding carboxylic acids is 2. The predicted molar refractivity (Wildman–Crippen MR) is 85.4 cm³/mol. The van der Waals surface area contributed by atoms with E-state index in [0.29, 0.717) is 12.0 Å². The minimum absolute atomic E-state index is 0.0279. The fourth-order valence-electron chi connectivity index (χ4n) is 3.54. The van der Waals surface area contributed by atoms with Crippen LogP contribution in [0.4, 0.5) is 4.79 Å². The molecule has 2 N–H and O–H groups in total. The largest absolute Gasteiger partial charge is 0.353 e. The number of nitrogens with zero attached hydrogens (tertiary/aromatic N) is 1. The lowest BCUT2D eigenvalue weighted by molar-refractivity contribution is -0.126. The average Bonchev–Trinajstić information content (AvgIpc) is 3.26. The molecule has 0 aromatic carbocycles. The van der Waals surface area contributed by atoms with Crippen molar-refractivity contribution in [3.63, 3.8) is 0 Å². The molecule has 0 saturated heterocycles. The van der Waals surface area contributed by atoms with E-state index >= 15 is 0 Å². The lowest BCUT2D eigenvalue weighted by Gasteiger charge is -2.33. The van der Waals surface area contributed by atoms with E-state index < -0.39 is 0 Å². The highest BCUT2D eigenvalue weighted by Gasteiger charge is 2.32. The first-order chi connectivity index (χ1) is 10.6. The van der Waals surface area contributed by atoms with Crippen molar-refractivity contribution >= 4 is 11.9 Å². The minimum atomic E-state index is 0.0279. The molecule has 0 bridgehead atoms. The third kappa shape index (κ3) is 4.14. The van der Waals surface area contributed by atoms with Crippen molar-refractivity contribution in [1.29, 1.82) is 0 Å². The van der Waals surface area contributed by atoms with Crippen LogP contribution in [0, 0.1) is 11.8 Å². The van der Waals surface area contributed by atoms with E-state index in [-0.39, 0.29) is 23.9 Å². The van der Waals surface area contributed by atoms with Crippen LogP contribution in [0.15, 0.2) is 0 Å². The van der Waals surface area contributed by atoms with Gasteiger partial charge >= 0.3 is 6.03 Å². The first-order valence-electron chi connectivity index (χ1n) is 8.94. The van der Waals surface area contributed by atoms with Gasteiger partial charge < -0.3 is 15.5 Å². The molecule has 22 heavy (non-hydrogen) atoms. The highest BCUT2D eigenvalue weighted by molar-refractivity contribution is 5.79. The zero-order chi connectivity index (χ0) is 15.5. The van der Waals surface area contributed by atoms with Crippen LogP contribution in [0.3, 0.4) is 0 Å². The molecule has 3 saturated carbocycles. The summed E-state index contributed by atoms with van der Waals surface area (Å²) >= 11 is 0.